The Morgan fingerprint density at radius 1 is 1.44 bits per heavy atom. The molecule has 3 nitrogen and oxygen atoms in total. The molecule has 0 amide bonds. The van der Waals surface area contributed by atoms with E-state index in [9.17, 15) is 0 Å². The van der Waals surface area contributed by atoms with Crippen molar-refractivity contribution in [1.82, 2.24) is 10.2 Å². The maximum atomic E-state index is 5.91. The fourth-order valence-corrected chi connectivity index (χ4v) is 3.48. The maximum absolute atomic E-state index is 5.91. The Morgan fingerprint density at radius 2 is 2.31 bits per heavy atom. The van der Waals surface area contributed by atoms with E-state index in [1.165, 1.54) is 10.4 Å². The first-order valence-electron chi connectivity index (χ1n) is 6.04. The molecule has 1 fully saturated rings. The van der Waals surface area contributed by atoms with Gasteiger partial charge in [-0.05, 0) is 23.4 Å². The van der Waals surface area contributed by atoms with Crippen LogP contribution >= 0.6 is 11.3 Å². The summed E-state index contributed by atoms with van der Waals surface area (Å²) in [6, 6.07) is 2.26. The largest absolute Gasteiger partial charge is 0.371 e. The first kappa shape index (κ1) is 10.7. The summed E-state index contributed by atoms with van der Waals surface area (Å²) in [4.78, 5) is 3.97. The Labute approximate surface area is 100 Å². The zero-order valence-corrected chi connectivity index (χ0v) is 10.3. The molecule has 1 unspecified atom stereocenters. The second-order valence-corrected chi connectivity index (χ2v) is 5.42. The number of piperazine rings is 1. The Hall–Kier alpha value is -0.420. The van der Waals surface area contributed by atoms with Gasteiger partial charge in [0.15, 0.2) is 0 Å². The number of nitrogens with zero attached hydrogens (tertiary/aromatic N) is 1. The molecule has 0 aliphatic carbocycles. The Balaban J connectivity index is 1.67. The molecule has 0 bridgehead atoms. The van der Waals surface area contributed by atoms with Crippen LogP contribution < -0.4 is 5.32 Å². The third-order valence-electron chi connectivity index (χ3n) is 3.40. The van der Waals surface area contributed by atoms with Gasteiger partial charge in [-0.2, -0.15) is 0 Å². The van der Waals surface area contributed by atoms with Crippen molar-refractivity contribution in [2.24, 2.45) is 0 Å². The van der Waals surface area contributed by atoms with E-state index < -0.39 is 0 Å². The molecule has 0 radical (unpaired) electrons. The number of hydrogen-bond acceptors (Lipinski definition) is 4. The molecule has 1 N–H and O–H groups in total. The van der Waals surface area contributed by atoms with Crippen molar-refractivity contribution >= 4 is 11.3 Å². The molecule has 2 aliphatic rings. The molecule has 0 saturated carbocycles. The van der Waals surface area contributed by atoms with Gasteiger partial charge in [0.1, 0.15) is 6.10 Å². The predicted octanol–water partition coefficient (Wildman–Crippen LogP) is 1.27. The monoisotopic (exact) mass is 238 g/mol. The highest BCUT2D eigenvalue weighted by atomic mass is 32.1. The van der Waals surface area contributed by atoms with Crippen molar-refractivity contribution in [1.29, 1.82) is 0 Å². The number of thiophene rings is 1. The summed E-state index contributed by atoms with van der Waals surface area (Å²) in [5, 5.41) is 5.58. The molecule has 3 rings (SSSR count). The van der Waals surface area contributed by atoms with Gasteiger partial charge in [0.05, 0.1) is 6.61 Å². The Morgan fingerprint density at radius 3 is 3.19 bits per heavy atom. The van der Waals surface area contributed by atoms with Gasteiger partial charge >= 0.3 is 0 Å². The van der Waals surface area contributed by atoms with Crippen LogP contribution in [0.15, 0.2) is 11.4 Å². The molecule has 1 saturated heterocycles. The fourth-order valence-electron chi connectivity index (χ4n) is 2.49. The highest BCUT2D eigenvalue weighted by Gasteiger charge is 2.24. The first-order chi connectivity index (χ1) is 7.93. The van der Waals surface area contributed by atoms with Crippen LogP contribution in [-0.4, -0.2) is 44.2 Å². The van der Waals surface area contributed by atoms with E-state index in [2.05, 4.69) is 21.7 Å². The third-order valence-corrected chi connectivity index (χ3v) is 4.45. The summed E-state index contributed by atoms with van der Waals surface area (Å²) in [5.41, 5.74) is 1.51. The molecule has 0 aromatic carbocycles. The quantitative estimate of drug-likeness (QED) is 0.839. The summed E-state index contributed by atoms with van der Waals surface area (Å²) in [7, 11) is 0. The number of fused-ring (bicyclic) bond motifs is 1. The number of hydrogen-bond donors (Lipinski definition) is 1. The molecule has 16 heavy (non-hydrogen) atoms. The second kappa shape index (κ2) is 4.84. The normalized spacial score (nSPS) is 26.6. The van der Waals surface area contributed by atoms with E-state index in [1.807, 2.05) is 11.3 Å². The van der Waals surface area contributed by atoms with E-state index in [1.54, 1.807) is 0 Å². The van der Waals surface area contributed by atoms with E-state index in [0.717, 1.165) is 45.8 Å². The van der Waals surface area contributed by atoms with Crippen molar-refractivity contribution in [3.05, 3.63) is 21.9 Å². The molecule has 0 spiro atoms. The van der Waals surface area contributed by atoms with Crippen molar-refractivity contribution in [2.45, 2.75) is 12.5 Å². The molecule has 1 atom stereocenters. The van der Waals surface area contributed by atoms with Crippen LogP contribution in [0.3, 0.4) is 0 Å². The van der Waals surface area contributed by atoms with Gasteiger partial charge in [0.2, 0.25) is 0 Å². The highest BCUT2D eigenvalue weighted by Crippen LogP contribution is 2.32. The lowest BCUT2D eigenvalue weighted by Gasteiger charge is -2.32. The zero-order valence-electron chi connectivity index (χ0n) is 9.45. The number of rotatable bonds is 2. The molecule has 2 aliphatic heterocycles. The van der Waals surface area contributed by atoms with E-state index in [0.29, 0.717) is 6.10 Å². The van der Waals surface area contributed by atoms with Crippen molar-refractivity contribution in [3.63, 3.8) is 0 Å². The van der Waals surface area contributed by atoms with Gasteiger partial charge in [-0.15, -0.1) is 11.3 Å². The van der Waals surface area contributed by atoms with E-state index in [-0.39, 0.29) is 0 Å². The molecular weight excluding hydrogens is 220 g/mol. The van der Waals surface area contributed by atoms with Crippen LogP contribution in [0.5, 0.6) is 0 Å². The number of ether oxygens (including phenoxy) is 1. The van der Waals surface area contributed by atoms with E-state index in [4.69, 9.17) is 4.74 Å². The van der Waals surface area contributed by atoms with Crippen LogP contribution in [0.25, 0.3) is 0 Å². The third kappa shape index (κ3) is 2.15. The van der Waals surface area contributed by atoms with Crippen molar-refractivity contribution in [3.8, 4) is 0 Å². The SMILES string of the molecule is c1cc2c(s1)C(CN1CCNCC1)OCC2. The zero-order chi connectivity index (χ0) is 10.8. The van der Waals surface area contributed by atoms with Crippen LogP contribution in [0.2, 0.25) is 0 Å². The van der Waals surface area contributed by atoms with Gasteiger partial charge < -0.3 is 10.1 Å². The smallest absolute Gasteiger partial charge is 0.105 e. The second-order valence-electron chi connectivity index (χ2n) is 4.47. The fraction of sp³-hybridized carbons (Fsp3) is 0.667. The van der Waals surface area contributed by atoms with Crippen LogP contribution in [0.4, 0.5) is 0 Å². The Kier molecular flexibility index (Phi) is 3.24. The van der Waals surface area contributed by atoms with Gasteiger partial charge in [-0.25, -0.2) is 0 Å². The maximum Gasteiger partial charge on any atom is 0.105 e. The molecular formula is C12H18N2OS. The molecule has 1 aromatic heterocycles. The molecule has 88 valence electrons. The minimum absolute atomic E-state index is 0.321. The molecule has 4 heteroatoms. The van der Waals surface area contributed by atoms with Crippen molar-refractivity contribution < 1.29 is 4.74 Å². The van der Waals surface area contributed by atoms with Gasteiger partial charge in [0, 0.05) is 37.6 Å². The average Bonchev–Trinajstić information content (AvgIpc) is 2.80. The highest BCUT2D eigenvalue weighted by molar-refractivity contribution is 7.10. The summed E-state index contributed by atoms with van der Waals surface area (Å²) in [6.45, 7) is 6.49. The predicted molar refractivity (Wildman–Crippen MR) is 66.0 cm³/mol. The van der Waals surface area contributed by atoms with Crippen LogP contribution in [0.1, 0.15) is 16.5 Å². The topological polar surface area (TPSA) is 24.5 Å². The minimum Gasteiger partial charge on any atom is -0.371 e. The van der Waals surface area contributed by atoms with Gasteiger partial charge in [0.25, 0.3) is 0 Å². The summed E-state index contributed by atoms with van der Waals surface area (Å²) in [6.07, 6.45) is 1.42. The average molecular weight is 238 g/mol. The molecule has 3 heterocycles. The number of nitrogens with one attached hydrogen (secondary N) is 1. The van der Waals surface area contributed by atoms with Crippen molar-refractivity contribution in [2.75, 3.05) is 39.3 Å². The summed E-state index contributed by atoms with van der Waals surface area (Å²) in [5.74, 6) is 0. The Bertz CT molecular complexity index is 347. The molecule has 1 aromatic rings. The summed E-state index contributed by atoms with van der Waals surface area (Å²) >= 11 is 1.85. The lowest BCUT2D eigenvalue weighted by Crippen LogP contribution is -2.45. The van der Waals surface area contributed by atoms with Crippen LogP contribution in [0, 0.1) is 0 Å². The summed E-state index contributed by atoms with van der Waals surface area (Å²) < 4.78 is 5.91. The lowest BCUT2D eigenvalue weighted by atomic mass is 10.1. The van der Waals surface area contributed by atoms with Gasteiger partial charge in [-0.1, -0.05) is 0 Å². The van der Waals surface area contributed by atoms with E-state index >= 15 is 0 Å². The van der Waals surface area contributed by atoms with Crippen LogP contribution in [-0.2, 0) is 11.2 Å². The lowest BCUT2D eigenvalue weighted by molar-refractivity contribution is 0.0163. The standard InChI is InChI=1S/C12H18N2OS/c1-7-15-11(12-10(1)2-8-16-12)9-14-5-3-13-4-6-14/h2,8,11,13H,1,3-7,9H2. The first-order valence-corrected chi connectivity index (χ1v) is 6.92. The van der Waals surface area contributed by atoms with Gasteiger partial charge in [-0.3, -0.25) is 4.90 Å². The minimum atomic E-state index is 0.321.